The van der Waals surface area contributed by atoms with Crippen LogP contribution in [0.2, 0.25) is 0 Å². The van der Waals surface area contributed by atoms with Gasteiger partial charge in [-0.25, -0.2) is 0 Å². The Labute approximate surface area is 123 Å². The van der Waals surface area contributed by atoms with E-state index in [1.807, 2.05) is 19.1 Å². The molecule has 0 radical (unpaired) electrons. The lowest BCUT2D eigenvalue weighted by atomic mass is 9.91. The normalized spacial score (nSPS) is 11.8. The Bertz CT molecular complexity index is 632. The first-order valence-electron chi connectivity index (χ1n) is 6.53. The van der Waals surface area contributed by atoms with Gasteiger partial charge in [-0.2, -0.15) is 0 Å². The molecular weight excluding hydrogens is 270 g/mol. The van der Waals surface area contributed by atoms with Crippen molar-refractivity contribution >= 4 is 5.69 Å². The summed E-state index contributed by atoms with van der Waals surface area (Å²) >= 11 is 0. The van der Waals surface area contributed by atoms with Gasteiger partial charge in [0.05, 0.1) is 19.1 Å². The van der Waals surface area contributed by atoms with Crippen LogP contribution in [0.25, 0.3) is 0 Å². The van der Waals surface area contributed by atoms with Crippen LogP contribution >= 0.6 is 0 Å². The Kier molecular flexibility index (Phi) is 4.42. The largest absolute Gasteiger partial charge is 0.497 e. The third-order valence-corrected chi connectivity index (χ3v) is 3.47. The monoisotopic (exact) mass is 287 g/mol. The van der Waals surface area contributed by atoms with Crippen LogP contribution in [0.5, 0.6) is 11.5 Å². The van der Waals surface area contributed by atoms with Gasteiger partial charge in [-0.15, -0.1) is 0 Å². The van der Waals surface area contributed by atoms with Crippen molar-refractivity contribution in [2.24, 2.45) is 0 Å². The van der Waals surface area contributed by atoms with E-state index in [0.29, 0.717) is 17.1 Å². The number of nitro groups is 1. The molecule has 0 aromatic heterocycles. The summed E-state index contributed by atoms with van der Waals surface area (Å²) in [6, 6.07) is 12.3. The number of nitrogens with zero attached hydrogens (tertiary/aromatic N) is 1. The molecule has 0 aliphatic heterocycles. The second-order valence-electron chi connectivity index (χ2n) is 4.68. The minimum Gasteiger partial charge on any atom is -0.497 e. The van der Waals surface area contributed by atoms with Crippen molar-refractivity contribution in [1.82, 2.24) is 0 Å². The zero-order valence-electron chi connectivity index (χ0n) is 12.2. The van der Waals surface area contributed by atoms with Crippen molar-refractivity contribution in [2.75, 3.05) is 14.2 Å². The van der Waals surface area contributed by atoms with Crippen LogP contribution in [-0.2, 0) is 0 Å². The highest BCUT2D eigenvalue weighted by atomic mass is 16.6. The van der Waals surface area contributed by atoms with Crippen LogP contribution in [-0.4, -0.2) is 19.1 Å². The molecule has 0 amide bonds. The number of ether oxygens (including phenoxy) is 2. The minimum atomic E-state index is -0.358. The van der Waals surface area contributed by atoms with Crippen LogP contribution < -0.4 is 9.47 Å². The molecule has 0 N–H and O–H groups in total. The first-order chi connectivity index (χ1) is 10.1. The molecule has 2 aromatic rings. The molecule has 5 heteroatoms. The molecule has 5 nitrogen and oxygen atoms in total. The van der Waals surface area contributed by atoms with Crippen molar-refractivity contribution in [3.05, 3.63) is 63.7 Å². The zero-order valence-corrected chi connectivity index (χ0v) is 12.2. The van der Waals surface area contributed by atoms with E-state index in [0.717, 1.165) is 5.56 Å². The second-order valence-corrected chi connectivity index (χ2v) is 4.68. The van der Waals surface area contributed by atoms with Crippen molar-refractivity contribution < 1.29 is 14.4 Å². The fourth-order valence-corrected chi connectivity index (χ4v) is 2.28. The highest BCUT2D eigenvalue weighted by Gasteiger charge is 2.20. The predicted octanol–water partition coefficient (Wildman–Crippen LogP) is 3.76. The number of hydrogen-bond donors (Lipinski definition) is 0. The second kappa shape index (κ2) is 6.26. The summed E-state index contributed by atoms with van der Waals surface area (Å²) < 4.78 is 10.5. The maximum Gasteiger partial charge on any atom is 0.273 e. The average Bonchev–Trinajstić information content (AvgIpc) is 2.53. The maximum atomic E-state index is 11.2. The van der Waals surface area contributed by atoms with Gasteiger partial charge in [-0.3, -0.25) is 10.1 Å². The molecule has 0 aliphatic rings. The quantitative estimate of drug-likeness (QED) is 0.620. The van der Waals surface area contributed by atoms with Crippen molar-refractivity contribution in [2.45, 2.75) is 12.8 Å². The number of hydrogen-bond acceptors (Lipinski definition) is 4. The third-order valence-electron chi connectivity index (χ3n) is 3.47. The first-order valence-corrected chi connectivity index (χ1v) is 6.53. The Morgan fingerprint density at radius 3 is 2.14 bits per heavy atom. The first kappa shape index (κ1) is 14.8. The topological polar surface area (TPSA) is 61.6 Å². The lowest BCUT2D eigenvalue weighted by molar-refractivity contribution is -0.385. The van der Waals surface area contributed by atoms with Crippen molar-refractivity contribution in [3.8, 4) is 11.5 Å². The van der Waals surface area contributed by atoms with Gasteiger partial charge in [0, 0.05) is 23.6 Å². The highest BCUT2D eigenvalue weighted by Crippen LogP contribution is 2.34. The van der Waals surface area contributed by atoms with Crippen LogP contribution in [0.15, 0.2) is 42.5 Å². The molecule has 21 heavy (non-hydrogen) atoms. The van der Waals surface area contributed by atoms with Crippen LogP contribution in [0, 0.1) is 10.1 Å². The summed E-state index contributed by atoms with van der Waals surface area (Å²) in [5, 5.41) is 11.2. The van der Waals surface area contributed by atoms with Gasteiger partial charge >= 0.3 is 0 Å². The Morgan fingerprint density at radius 1 is 1.05 bits per heavy atom. The number of rotatable bonds is 5. The highest BCUT2D eigenvalue weighted by molar-refractivity contribution is 5.49. The molecule has 1 unspecified atom stereocenters. The summed E-state index contributed by atoms with van der Waals surface area (Å²) in [5.41, 5.74) is 1.69. The molecule has 2 rings (SSSR count). The Hall–Kier alpha value is -2.56. The summed E-state index contributed by atoms with van der Waals surface area (Å²) in [5.74, 6) is 1.18. The summed E-state index contributed by atoms with van der Waals surface area (Å²) in [4.78, 5) is 10.8. The fraction of sp³-hybridized carbons (Fsp3) is 0.250. The molecule has 0 fully saturated rings. The van der Waals surface area contributed by atoms with Gasteiger partial charge in [0.15, 0.2) is 0 Å². The molecular formula is C16H17NO4. The number of benzene rings is 2. The molecule has 0 saturated heterocycles. The lowest BCUT2D eigenvalue weighted by Crippen LogP contribution is -2.02. The van der Waals surface area contributed by atoms with E-state index in [2.05, 4.69) is 0 Å². The van der Waals surface area contributed by atoms with E-state index < -0.39 is 0 Å². The van der Waals surface area contributed by atoms with Crippen LogP contribution in [0.1, 0.15) is 24.0 Å². The molecule has 2 aromatic carbocycles. The molecule has 110 valence electrons. The van der Waals surface area contributed by atoms with Crippen molar-refractivity contribution in [3.63, 3.8) is 0 Å². The third kappa shape index (κ3) is 3.13. The van der Waals surface area contributed by atoms with E-state index in [9.17, 15) is 10.1 Å². The van der Waals surface area contributed by atoms with E-state index >= 15 is 0 Å². The van der Waals surface area contributed by atoms with Gasteiger partial charge in [0.1, 0.15) is 11.5 Å². The summed E-state index contributed by atoms with van der Waals surface area (Å²) in [6.07, 6.45) is 0. The minimum absolute atomic E-state index is 0.117. The molecule has 0 bridgehead atoms. The molecule has 1 atom stereocenters. The number of nitro benzene ring substituents is 1. The SMILES string of the molecule is COc1cc(OC)cc(C(C)c2ccccc2[N+](=O)[O-])c1. The predicted molar refractivity (Wildman–Crippen MR) is 80.2 cm³/mol. The van der Waals surface area contributed by atoms with Gasteiger partial charge < -0.3 is 9.47 Å². The summed E-state index contributed by atoms with van der Waals surface area (Å²) in [7, 11) is 3.16. The van der Waals surface area contributed by atoms with Gasteiger partial charge in [-0.05, 0) is 17.7 Å². The average molecular weight is 287 g/mol. The van der Waals surface area contributed by atoms with Gasteiger partial charge in [0.25, 0.3) is 5.69 Å². The zero-order chi connectivity index (χ0) is 15.4. The van der Waals surface area contributed by atoms with Crippen LogP contribution in [0.3, 0.4) is 0 Å². The van der Waals surface area contributed by atoms with Gasteiger partial charge in [0.2, 0.25) is 0 Å². The molecule has 0 heterocycles. The van der Waals surface area contributed by atoms with E-state index in [-0.39, 0.29) is 16.5 Å². The molecule has 0 aliphatic carbocycles. The maximum absolute atomic E-state index is 11.2. The fourth-order valence-electron chi connectivity index (χ4n) is 2.28. The van der Waals surface area contributed by atoms with E-state index in [1.54, 1.807) is 38.5 Å². The standard InChI is InChI=1S/C16H17NO4/c1-11(15-6-4-5-7-16(15)17(18)19)12-8-13(20-2)10-14(9-12)21-3/h4-11H,1-3H3. The van der Waals surface area contributed by atoms with E-state index in [4.69, 9.17) is 9.47 Å². The van der Waals surface area contributed by atoms with E-state index in [1.165, 1.54) is 6.07 Å². The summed E-state index contributed by atoms with van der Waals surface area (Å²) in [6.45, 7) is 1.93. The van der Waals surface area contributed by atoms with Gasteiger partial charge in [-0.1, -0.05) is 25.1 Å². The van der Waals surface area contributed by atoms with Crippen LogP contribution in [0.4, 0.5) is 5.69 Å². The Morgan fingerprint density at radius 2 is 1.62 bits per heavy atom. The number of para-hydroxylation sites is 1. The number of methoxy groups -OCH3 is 2. The smallest absolute Gasteiger partial charge is 0.273 e. The lowest BCUT2D eigenvalue weighted by Gasteiger charge is -2.15. The Balaban J connectivity index is 2.49. The molecule has 0 spiro atoms. The van der Waals surface area contributed by atoms with Crippen molar-refractivity contribution in [1.29, 1.82) is 0 Å². The molecule has 0 saturated carbocycles.